The van der Waals surface area contributed by atoms with Crippen molar-refractivity contribution in [3.8, 4) is 0 Å². The molecule has 1 unspecified atom stereocenters. The van der Waals surface area contributed by atoms with Gasteiger partial charge in [0.1, 0.15) is 0 Å². The van der Waals surface area contributed by atoms with Gasteiger partial charge in [-0.25, -0.2) is 0 Å². The molecule has 0 saturated carbocycles. The average molecular weight is 230 g/mol. The highest BCUT2D eigenvalue weighted by Crippen LogP contribution is 2.36. The smallest absolute Gasteiger partial charge is 0.192 e. The van der Waals surface area contributed by atoms with Gasteiger partial charge >= 0.3 is 0 Å². The summed E-state index contributed by atoms with van der Waals surface area (Å²) in [4.78, 5) is 0. The van der Waals surface area contributed by atoms with E-state index < -0.39 is 8.32 Å². The largest absolute Gasteiger partial charge is 0.413 e. The zero-order valence-electron chi connectivity index (χ0n) is 11.0. The summed E-state index contributed by atoms with van der Waals surface area (Å²) in [6.07, 6.45) is 4.17. The van der Waals surface area contributed by atoms with Gasteiger partial charge in [0, 0.05) is 0 Å². The highest BCUT2D eigenvalue weighted by atomic mass is 28.4. The monoisotopic (exact) mass is 230 g/mol. The summed E-state index contributed by atoms with van der Waals surface area (Å²) < 4.78 is 5.93. The molecule has 0 amide bonds. The van der Waals surface area contributed by atoms with Gasteiger partial charge in [-0.15, -0.1) is 0 Å². The first-order chi connectivity index (χ1) is 6.70. The third kappa shape index (κ3) is 5.49. The van der Waals surface area contributed by atoms with E-state index in [4.69, 9.17) is 4.43 Å². The Bertz CT molecular complexity index is 204. The van der Waals surface area contributed by atoms with E-state index in [9.17, 15) is 5.11 Å². The molecule has 0 radical (unpaired) electrons. The van der Waals surface area contributed by atoms with Gasteiger partial charge < -0.3 is 9.53 Å². The van der Waals surface area contributed by atoms with Crippen molar-refractivity contribution in [2.45, 2.75) is 58.4 Å². The molecule has 90 valence electrons. The summed E-state index contributed by atoms with van der Waals surface area (Å²) in [6, 6.07) is 0. The predicted molar refractivity (Wildman–Crippen MR) is 68.6 cm³/mol. The quantitative estimate of drug-likeness (QED) is 0.580. The molecular formula is C12H26O2Si. The lowest BCUT2D eigenvalue weighted by Crippen LogP contribution is -2.40. The number of rotatable bonds is 5. The van der Waals surface area contributed by atoms with Crippen molar-refractivity contribution in [2.24, 2.45) is 0 Å². The summed E-state index contributed by atoms with van der Waals surface area (Å²) in [5.74, 6) is 0. The first-order valence-electron chi connectivity index (χ1n) is 5.69. The molecule has 0 rings (SSSR count). The third-order valence-electron chi connectivity index (χ3n) is 3.12. The lowest BCUT2D eigenvalue weighted by molar-refractivity contribution is 0.217. The van der Waals surface area contributed by atoms with Crippen molar-refractivity contribution in [2.75, 3.05) is 6.61 Å². The molecule has 0 aromatic carbocycles. The lowest BCUT2D eigenvalue weighted by Gasteiger charge is -2.35. The predicted octanol–water partition coefficient (Wildman–Crippen LogP) is 3.34. The molecular weight excluding hydrogens is 204 g/mol. The van der Waals surface area contributed by atoms with Crippen LogP contribution in [0, 0.1) is 0 Å². The van der Waals surface area contributed by atoms with E-state index in [0.717, 1.165) is 6.42 Å². The van der Waals surface area contributed by atoms with E-state index in [1.807, 2.05) is 19.1 Å². The van der Waals surface area contributed by atoms with Crippen LogP contribution in [-0.2, 0) is 4.43 Å². The van der Waals surface area contributed by atoms with E-state index in [-0.39, 0.29) is 11.1 Å². The van der Waals surface area contributed by atoms with Crippen LogP contribution in [0.5, 0.6) is 0 Å². The molecule has 15 heavy (non-hydrogen) atoms. The molecule has 0 heterocycles. The number of aliphatic hydroxyl groups excluding tert-OH is 1. The fourth-order valence-electron chi connectivity index (χ4n) is 0.822. The van der Waals surface area contributed by atoms with Crippen LogP contribution in [0.3, 0.4) is 0 Å². The fraction of sp³-hybridized carbons (Fsp3) is 0.833. The Balaban J connectivity index is 4.01. The van der Waals surface area contributed by atoms with Gasteiger partial charge in [0.2, 0.25) is 0 Å². The van der Waals surface area contributed by atoms with Crippen molar-refractivity contribution in [3.05, 3.63) is 12.2 Å². The first kappa shape index (κ1) is 14.9. The Morgan fingerprint density at radius 1 is 1.33 bits per heavy atom. The second-order valence-electron chi connectivity index (χ2n) is 5.48. The summed E-state index contributed by atoms with van der Waals surface area (Å²) in [5, 5.41) is 9.57. The molecule has 0 fully saturated rings. The topological polar surface area (TPSA) is 29.5 Å². The minimum absolute atomic E-state index is 0.254. The summed E-state index contributed by atoms with van der Waals surface area (Å²) >= 11 is 0. The molecule has 0 spiro atoms. The van der Waals surface area contributed by atoms with Crippen molar-refractivity contribution in [1.29, 1.82) is 0 Å². The first-order valence-corrected chi connectivity index (χ1v) is 8.60. The second-order valence-corrected chi connectivity index (χ2v) is 10.3. The van der Waals surface area contributed by atoms with Gasteiger partial charge in [-0.3, -0.25) is 0 Å². The van der Waals surface area contributed by atoms with E-state index >= 15 is 0 Å². The van der Waals surface area contributed by atoms with Crippen LogP contribution in [0.1, 0.15) is 34.1 Å². The Hall–Kier alpha value is -0.123. The molecule has 1 atom stereocenters. The minimum Gasteiger partial charge on any atom is -0.413 e. The van der Waals surface area contributed by atoms with E-state index in [2.05, 4.69) is 33.9 Å². The van der Waals surface area contributed by atoms with Gasteiger partial charge in [-0.1, -0.05) is 39.8 Å². The molecule has 1 N–H and O–H groups in total. The van der Waals surface area contributed by atoms with Crippen LogP contribution in [0.4, 0.5) is 0 Å². The van der Waals surface area contributed by atoms with Crippen molar-refractivity contribution < 1.29 is 9.53 Å². The van der Waals surface area contributed by atoms with E-state index in [1.165, 1.54) is 0 Å². The van der Waals surface area contributed by atoms with Gasteiger partial charge in [0.25, 0.3) is 0 Å². The zero-order chi connectivity index (χ0) is 12.1. The van der Waals surface area contributed by atoms with Gasteiger partial charge in [-0.05, 0) is 24.6 Å². The minimum atomic E-state index is -1.62. The van der Waals surface area contributed by atoms with E-state index in [0.29, 0.717) is 6.61 Å². The Labute approximate surface area is 95.5 Å². The number of hydrogen-bond acceptors (Lipinski definition) is 2. The van der Waals surface area contributed by atoms with E-state index in [1.54, 1.807) is 0 Å². The maximum absolute atomic E-state index is 9.32. The fourth-order valence-corrected chi connectivity index (χ4v) is 1.77. The van der Waals surface area contributed by atoms with Crippen LogP contribution in [-0.4, -0.2) is 26.1 Å². The lowest BCUT2D eigenvalue weighted by atomic mass is 10.2. The highest BCUT2D eigenvalue weighted by Gasteiger charge is 2.36. The maximum Gasteiger partial charge on any atom is 0.192 e. The number of aliphatic hydroxyl groups is 1. The number of hydrogen-bond donors (Lipinski definition) is 1. The third-order valence-corrected chi connectivity index (χ3v) is 7.62. The van der Waals surface area contributed by atoms with Gasteiger partial charge in [0.05, 0.1) is 12.7 Å². The Morgan fingerprint density at radius 2 is 1.87 bits per heavy atom. The molecule has 0 aliphatic heterocycles. The molecule has 0 aliphatic carbocycles. The molecule has 3 heteroatoms. The molecule has 0 aromatic heterocycles. The second kappa shape index (κ2) is 5.82. The maximum atomic E-state index is 9.32. The Morgan fingerprint density at radius 3 is 2.27 bits per heavy atom. The standard InChI is InChI=1S/C12H26O2Si/c1-7-11(13)9-8-10-14-15(5,6)12(2,3)4/h8-9,11,13H,7,10H2,1-6H3/b9-8-. The van der Waals surface area contributed by atoms with Crippen LogP contribution in [0.15, 0.2) is 12.2 Å². The van der Waals surface area contributed by atoms with Crippen LogP contribution in [0.2, 0.25) is 18.1 Å². The molecule has 0 aliphatic rings. The highest BCUT2D eigenvalue weighted by molar-refractivity contribution is 6.74. The molecule has 0 bridgehead atoms. The van der Waals surface area contributed by atoms with Gasteiger partial charge in [-0.2, -0.15) is 0 Å². The van der Waals surface area contributed by atoms with Crippen LogP contribution < -0.4 is 0 Å². The molecule has 0 aromatic rings. The average Bonchev–Trinajstić information content (AvgIpc) is 2.10. The van der Waals surface area contributed by atoms with Crippen molar-refractivity contribution >= 4 is 8.32 Å². The van der Waals surface area contributed by atoms with Crippen LogP contribution >= 0.6 is 0 Å². The van der Waals surface area contributed by atoms with Gasteiger partial charge in [0.15, 0.2) is 8.32 Å². The normalized spacial score (nSPS) is 15.9. The molecule has 2 nitrogen and oxygen atoms in total. The SMILES string of the molecule is CCC(O)/C=C\CO[Si](C)(C)C(C)(C)C. The summed E-state index contributed by atoms with van der Waals surface area (Å²) in [6.45, 7) is 13.7. The van der Waals surface area contributed by atoms with Crippen LogP contribution in [0.25, 0.3) is 0 Å². The Kier molecular flexibility index (Phi) is 5.78. The molecule has 0 saturated heterocycles. The zero-order valence-corrected chi connectivity index (χ0v) is 12.0. The van der Waals surface area contributed by atoms with Crippen molar-refractivity contribution in [1.82, 2.24) is 0 Å². The summed E-state index contributed by atoms with van der Waals surface area (Å²) in [5.41, 5.74) is 0. The van der Waals surface area contributed by atoms with Crippen molar-refractivity contribution in [3.63, 3.8) is 0 Å². The summed E-state index contributed by atoms with van der Waals surface area (Å²) in [7, 11) is -1.62.